The molecule has 26 heavy (non-hydrogen) atoms. The second kappa shape index (κ2) is 7.51. The fourth-order valence-corrected chi connectivity index (χ4v) is 3.15. The lowest BCUT2D eigenvalue weighted by Crippen LogP contribution is -2.18. The molecule has 0 aromatic carbocycles. The molecule has 0 bridgehead atoms. The maximum Gasteiger partial charge on any atom is 0.158 e. The molecule has 0 aliphatic carbocycles. The molecule has 1 atom stereocenters. The molecule has 2 N–H and O–H groups in total. The van der Waals surface area contributed by atoms with Gasteiger partial charge in [0.1, 0.15) is 18.0 Å². The van der Waals surface area contributed by atoms with Crippen LogP contribution >= 0.6 is 0 Å². The first kappa shape index (κ1) is 16.5. The summed E-state index contributed by atoms with van der Waals surface area (Å²) in [5.74, 6) is 2.62. The van der Waals surface area contributed by atoms with Crippen LogP contribution in [-0.2, 0) is 12.8 Å². The summed E-state index contributed by atoms with van der Waals surface area (Å²) in [5.41, 5.74) is 2.46. The standard InChI is InChI=1S/C19H23N7/c1-14(5-7-16-8-6-15-4-2-9-20-19(15)25-16)24-17-12-18(22-13-21-17)26-11-3-10-23-26/h3,6,8,10-14H,2,4-5,7,9H2,1H3,(H,20,25)(H,21,22,24)/t14-/m0/s1. The molecule has 4 heterocycles. The molecule has 0 fully saturated rings. The molecule has 7 nitrogen and oxygen atoms in total. The van der Waals surface area contributed by atoms with Crippen LogP contribution in [0.3, 0.4) is 0 Å². The first-order chi connectivity index (χ1) is 12.8. The average molecular weight is 349 g/mol. The van der Waals surface area contributed by atoms with Gasteiger partial charge in [0.2, 0.25) is 0 Å². The van der Waals surface area contributed by atoms with Crippen molar-refractivity contribution >= 4 is 11.6 Å². The largest absolute Gasteiger partial charge is 0.370 e. The monoisotopic (exact) mass is 349 g/mol. The van der Waals surface area contributed by atoms with Crippen molar-refractivity contribution in [1.29, 1.82) is 0 Å². The third-order valence-corrected chi connectivity index (χ3v) is 4.57. The van der Waals surface area contributed by atoms with Crippen LogP contribution in [-0.4, -0.2) is 37.3 Å². The molecule has 0 saturated carbocycles. The summed E-state index contributed by atoms with van der Waals surface area (Å²) in [6, 6.07) is 8.42. The van der Waals surface area contributed by atoms with Gasteiger partial charge in [-0.25, -0.2) is 19.6 Å². The normalized spacial score (nSPS) is 14.3. The number of rotatable bonds is 6. The maximum absolute atomic E-state index is 4.76. The van der Waals surface area contributed by atoms with Crippen molar-refractivity contribution < 1.29 is 0 Å². The van der Waals surface area contributed by atoms with Crippen molar-refractivity contribution in [3.05, 3.63) is 54.2 Å². The molecule has 0 unspecified atom stereocenters. The minimum absolute atomic E-state index is 0.279. The SMILES string of the molecule is C[C@@H](CCc1ccc2c(n1)NCCC2)Nc1cc(-n2cccn2)ncn1. The fraction of sp³-hybridized carbons (Fsp3) is 0.368. The van der Waals surface area contributed by atoms with Gasteiger partial charge in [-0.3, -0.25) is 0 Å². The number of hydrogen-bond donors (Lipinski definition) is 2. The molecular weight excluding hydrogens is 326 g/mol. The summed E-state index contributed by atoms with van der Waals surface area (Å²) in [4.78, 5) is 13.3. The van der Waals surface area contributed by atoms with Crippen molar-refractivity contribution in [2.75, 3.05) is 17.2 Å². The number of aryl methyl sites for hydroxylation is 2. The van der Waals surface area contributed by atoms with E-state index in [0.717, 1.165) is 49.0 Å². The second-order valence-electron chi connectivity index (χ2n) is 6.64. The number of anilines is 2. The Hall–Kier alpha value is -2.96. The number of nitrogens with one attached hydrogen (secondary N) is 2. The molecule has 0 amide bonds. The highest BCUT2D eigenvalue weighted by molar-refractivity contribution is 5.47. The molecule has 3 aromatic heterocycles. The van der Waals surface area contributed by atoms with Crippen molar-refractivity contribution in [2.45, 2.75) is 38.6 Å². The van der Waals surface area contributed by atoms with Crippen LogP contribution < -0.4 is 10.6 Å². The zero-order valence-electron chi connectivity index (χ0n) is 14.9. The van der Waals surface area contributed by atoms with Gasteiger partial charge in [-0.1, -0.05) is 6.07 Å². The van der Waals surface area contributed by atoms with E-state index in [2.05, 4.69) is 44.8 Å². The molecule has 1 aliphatic heterocycles. The number of nitrogens with zero attached hydrogens (tertiary/aromatic N) is 5. The molecule has 3 aromatic rings. The predicted molar refractivity (Wildman–Crippen MR) is 102 cm³/mol. The summed E-state index contributed by atoms with van der Waals surface area (Å²) in [6.07, 6.45) is 9.38. The smallest absolute Gasteiger partial charge is 0.158 e. The van der Waals surface area contributed by atoms with Gasteiger partial charge in [-0.15, -0.1) is 0 Å². The average Bonchev–Trinajstić information content (AvgIpc) is 3.21. The predicted octanol–water partition coefficient (Wildman–Crippen LogP) is 2.85. The number of hydrogen-bond acceptors (Lipinski definition) is 6. The van der Waals surface area contributed by atoms with Gasteiger partial charge in [-0.05, 0) is 50.3 Å². The Morgan fingerprint density at radius 2 is 2.27 bits per heavy atom. The van der Waals surface area contributed by atoms with E-state index in [-0.39, 0.29) is 6.04 Å². The van der Waals surface area contributed by atoms with E-state index in [1.54, 1.807) is 17.2 Å². The summed E-state index contributed by atoms with van der Waals surface area (Å²) >= 11 is 0. The number of aromatic nitrogens is 5. The van der Waals surface area contributed by atoms with Crippen molar-refractivity contribution in [2.24, 2.45) is 0 Å². The Morgan fingerprint density at radius 1 is 1.31 bits per heavy atom. The Kier molecular flexibility index (Phi) is 4.77. The third kappa shape index (κ3) is 3.82. The molecule has 0 saturated heterocycles. The minimum Gasteiger partial charge on any atom is -0.370 e. The van der Waals surface area contributed by atoms with Gasteiger partial charge in [0.05, 0.1) is 0 Å². The van der Waals surface area contributed by atoms with E-state index in [1.807, 2.05) is 18.3 Å². The summed E-state index contributed by atoms with van der Waals surface area (Å²) in [6.45, 7) is 3.18. The molecule has 134 valence electrons. The topological polar surface area (TPSA) is 80.5 Å². The van der Waals surface area contributed by atoms with Crippen molar-refractivity contribution in [3.8, 4) is 5.82 Å². The zero-order valence-corrected chi connectivity index (χ0v) is 14.9. The lowest BCUT2D eigenvalue weighted by atomic mass is 10.1. The van der Waals surface area contributed by atoms with Gasteiger partial charge >= 0.3 is 0 Å². The van der Waals surface area contributed by atoms with E-state index in [9.17, 15) is 0 Å². The summed E-state index contributed by atoms with van der Waals surface area (Å²) < 4.78 is 1.72. The van der Waals surface area contributed by atoms with Gasteiger partial charge in [0.25, 0.3) is 0 Å². The lowest BCUT2D eigenvalue weighted by Gasteiger charge is -2.18. The Labute approximate surface area is 152 Å². The van der Waals surface area contributed by atoms with E-state index in [4.69, 9.17) is 4.98 Å². The second-order valence-corrected chi connectivity index (χ2v) is 6.64. The fourth-order valence-electron chi connectivity index (χ4n) is 3.15. The quantitative estimate of drug-likeness (QED) is 0.712. The third-order valence-electron chi connectivity index (χ3n) is 4.57. The Morgan fingerprint density at radius 3 is 3.15 bits per heavy atom. The van der Waals surface area contributed by atoms with E-state index in [0.29, 0.717) is 0 Å². The van der Waals surface area contributed by atoms with E-state index in [1.165, 1.54) is 12.0 Å². The van der Waals surface area contributed by atoms with Crippen molar-refractivity contribution in [3.63, 3.8) is 0 Å². The van der Waals surface area contributed by atoms with Crippen LogP contribution in [0.15, 0.2) is 43.0 Å². The summed E-state index contributed by atoms with van der Waals surface area (Å²) in [7, 11) is 0. The Bertz CT molecular complexity index is 860. The molecular formula is C19H23N7. The van der Waals surface area contributed by atoms with Gasteiger partial charge in [-0.2, -0.15) is 5.10 Å². The minimum atomic E-state index is 0.279. The first-order valence-electron chi connectivity index (χ1n) is 9.09. The van der Waals surface area contributed by atoms with E-state index >= 15 is 0 Å². The highest BCUT2D eigenvalue weighted by atomic mass is 15.3. The van der Waals surface area contributed by atoms with Crippen LogP contribution in [0.4, 0.5) is 11.6 Å². The van der Waals surface area contributed by atoms with Gasteiger partial charge < -0.3 is 10.6 Å². The highest BCUT2D eigenvalue weighted by Crippen LogP contribution is 2.20. The molecule has 0 spiro atoms. The maximum atomic E-state index is 4.76. The lowest BCUT2D eigenvalue weighted by molar-refractivity contribution is 0.690. The van der Waals surface area contributed by atoms with Crippen LogP contribution in [0, 0.1) is 0 Å². The molecule has 0 radical (unpaired) electrons. The number of fused-ring (bicyclic) bond motifs is 1. The zero-order chi connectivity index (χ0) is 17.8. The van der Waals surface area contributed by atoms with Gasteiger partial charge in [0, 0.05) is 36.7 Å². The molecule has 7 heteroatoms. The first-order valence-corrected chi connectivity index (χ1v) is 9.09. The van der Waals surface area contributed by atoms with Crippen molar-refractivity contribution in [1.82, 2.24) is 24.7 Å². The molecule has 1 aliphatic rings. The van der Waals surface area contributed by atoms with Crippen LogP contribution in [0.25, 0.3) is 5.82 Å². The van der Waals surface area contributed by atoms with Crippen LogP contribution in [0.1, 0.15) is 31.0 Å². The number of pyridine rings is 1. The van der Waals surface area contributed by atoms with Gasteiger partial charge in [0.15, 0.2) is 5.82 Å². The Balaban J connectivity index is 1.36. The van der Waals surface area contributed by atoms with Crippen LogP contribution in [0.2, 0.25) is 0 Å². The highest BCUT2D eigenvalue weighted by Gasteiger charge is 2.11. The van der Waals surface area contributed by atoms with E-state index < -0.39 is 0 Å². The van der Waals surface area contributed by atoms with Crippen LogP contribution in [0.5, 0.6) is 0 Å². The summed E-state index contributed by atoms with van der Waals surface area (Å²) in [5, 5.41) is 11.0. The molecule has 4 rings (SSSR count).